The van der Waals surface area contributed by atoms with Crippen molar-refractivity contribution in [2.24, 2.45) is 18.7 Å². The van der Waals surface area contributed by atoms with Gasteiger partial charge in [-0.25, -0.2) is 0 Å². The molecule has 0 aliphatic heterocycles. The summed E-state index contributed by atoms with van der Waals surface area (Å²) in [6, 6.07) is -0.0155. The van der Waals surface area contributed by atoms with Crippen molar-refractivity contribution in [3.8, 4) is 0 Å². The molecule has 0 spiro atoms. The second kappa shape index (κ2) is 6.77. The van der Waals surface area contributed by atoms with Crippen LogP contribution in [0.4, 0.5) is 0 Å². The van der Waals surface area contributed by atoms with Crippen molar-refractivity contribution < 1.29 is 4.74 Å². The zero-order valence-corrected chi connectivity index (χ0v) is 11.4. The first-order valence-electron chi connectivity index (χ1n) is 6.36. The van der Waals surface area contributed by atoms with Crippen molar-refractivity contribution in [3.05, 3.63) is 18.0 Å². The number of nitrogens with zero attached hydrogens (tertiary/aromatic N) is 2. The number of ether oxygens (including phenoxy) is 1. The molecule has 0 fully saturated rings. The number of aromatic nitrogens is 2. The quantitative estimate of drug-likeness (QED) is 0.743. The van der Waals surface area contributed by atoms with E-state index in [9.17, 15) is 0 Å². The van der Waals surface area contributed by atoms with Crippen LogP contribution in [0.3, 0.4) is 0 Å². The zero-order valence-electron chi connectivity index (χ0n) is 11.4. The van der Waals surface area contributed by atoms with Crippen LogP contribution in [0.1, 0.15) is 45.3 Å². The Kier molecular flexibility index (Phi) is 5.65. The zero-order chi connectivity index (χ0) is 12.8. The number of rotatable bonds is 7. The third-order valence-corrected chi connectivity index (χ3v) is 2.75. The number of nitrogens with two attached hydrogens (primary N) is 1. The largest absolute Gasteiger partial charge is 0.372 e. The molecule has 0 aliphatic rings. The number of hydrogen-bond acceptors (Lipinski definition) is 3. The first-order valence-corrected chi connectivity index (χ1v) is 6.36. The Morgan fingerprint density at radius 2 is 2.12 bits per heavy atom. The fraction of sp³-hybridized carbons (Fsp3) is 0.769. The monoisotopic (exact) mass is 239 g/mol. The molecule has 0 bridgehead atoms. The average Bonchev–Trinajstić information content (AvgIpc) is 2.63. The van der Waals surface area contributed by atoms with Crippen molar-refractivity contribution in [3.63, 3.8) is 0 Å². The van der Waals surface area contributed by atoms with Gasteiger partial charge in [-0.3, -0.25) is 4.68 Å². The lowest BCUT2D eigenvalue weighted by Gasteiger charge is -2.20. The summed E-state index contributed by atoms with van der Waals surface area (Å²) in [7, 11) is 1.90. The lowest BCUT2D eigenvalue weighted by atomic mass is 10.1. The van der Waals surface area contributed by atoms with Crippen LogP contribution in [-0.2, 0) is 11.8 Å². The van der Waals surface area contributed by atoms with E-state index >= 15 is 0 Å². The third kappa shape index (κ3) is 4.88. The van der Waals surface area contributed by atoms with E-state index in [0.29, 0.717) is 0 Å². The van der Waals surface area contributed by atoms with Crippen LogP contribution >= 0.6 is 0 Å². The topological polar surface area (TPSA) is 53.1 Å². The maximum absolute atomic E-state index is 5.96. The van der Waals surface area contributed by atoms with E-state index in [0.717, 1.165) is 24.5 Å². The molecule has 0 saturated carbocycles. The molecule has 0 saturated heterocycles. The van der Waals surface area contributed by atoms with Gasteiger partial charge in [-0.15, -0.1) is 0 Å². The Bertz CT molecular complexity index is 320. The van der Waals surface area contributed by atoms with Gasteiger partial charge < -0.3 is 10.5 Å². The highest BCUT2D eigenvalue weighted by Crippen LogP contribution is 2.20. The average molecular weight is 239 g/mol. The molecule has 4 nitrogen and oxygen atoms in total. The van der Waals surface area contributed by atoms with Gasteiger partial charge in [0.25, 0.3) is 0 Å². The highest BCUT2D eigenvalue weighted by Gasteiger charge is 2.18. The van der Waals surface area contributed by atoms with E-state index in [2.05, 4.69) is 18.9 Å². The first kappa shape index (κ1) is 14.2. The predicted molar refractivity (Wildman–Crippen MR) is 69.6 cm³/mol. The minimum Gasteiger partial charge on any atom is -0.372 e. The van der Waals surface area contributed by atoms with Crippen LogP contribution in [0.5, 0.6) is 0 Å². The minimum atomic E-state index is -0.0455. The van der Waals surface area contributed by atoms with Gasteiger partial charge in [0, 0.05) is 31.5 Å². The van der Waals surface area contributed by atoms with Crippen molar-refractivity contribution in [1.82, 2.24) is 9.78 Å². The van der Waals surface area contributed by atoms with Crippen molar-refractivity contribution in [2.45, 2.75) is 45.8 Å². The van der Waals surface area contributed by atoms with E-state index in [-0.39, 0.29) is 12.1 Å². The van der Waals surface area contributed by atoms with E-state index in [4.69, 9.17) is 10.5 Å². The molecule has 2 N–H and O–H groups in total. The predicted octanol–water partition coefficient (Wildman–Crippen LogP) is 2.26. The molecule has 1 aromatic heterocycles. The fourth-order valence-electron chi connectivity index (χ4n) is 1.84. The van der Waals surface area contributed by atoms with Gasteiger partial charge in [0.1, 0.15) is 6.10 Å². The summed E-state index contributed by atoms with van der Waals surface area (Å²) in [6.45, 7) is 7.19. The Hall–Kier alpha value is -0.870. The van der Waals surface area contributed by atoms with E-state index in [1.165, 1.54) is 6.42 Å². The van der Waals surface area contributed by atoms with Crippen molar-refractivity contribution in [2.75, 3.05) is 6.61 Å². The third-order valence-electron chi connectivity index (χ3n) is 2.75. The Morgan fingerprint density at radius 3 is 2.59 bits per heavy atom. The highest BCUT2D eigenvalue weighted by atomic mass is 16.5. The molecule has 17 heavy (non-hydrogen) atoms. The first-order chi connectivity index (χ1) is 8.00. The van der Waals surface area contributed by atoms with Gasteiger partial charge in [-0.1, -0.05) is 13.8 Å². The Labute approximate surface area is 104 Å². The van der Waals surface area contributed by atoms with Crippen molar-refractivity contribution in [1.29, 1.82) is 0 Å². The van der Waals surface area contributed by atoms with Gasteiger partial charge in [-0.2, -0.15) is 5.10 Å². The molecule has 2 atom stereocenters. The van der Waals surface area contributed by atoms with Crippen LogP contribution in [0.25, 0.3) is 0 Å². The van der Waals surface area contributed by atoms with Gasteiger partial charge in [0.05, 0.1) is 6.20 Å². The molecule has 0 amide bonds. The van der Waals surface area contributed by atoms with Gasteiger partial charge in [0.15, 0.2) is 0 Å². The molecule has 4 heteroatoms. The molecule has 0 aromatic carbocycles. The second-order valence-electron chi connectivity index (χ2n) is 5.13. The van der Waals surface area contributed by atoms with E-state index in [1.807, 2.05) is 26.4 Å². The SMILES string of the molecule is CC(C)CCCOC(c1cnn(C)c1)C(C)N. The summed E-state index contributed by atoms with van der Waals surface area (Å²) in [4.78, 5) is 0. The molecular formula is C13H25N3O. The van der Waals surface area contributed by atoms with Crippen LogP contribution in [0.2, 0.25) is 0 Å². The van der Waals surface area contributed by atoms with E-state index < -0.39 is 0 Å². The maximum atomic E-state index is 5.96. The summed E-state index contributed by atoms with van der Waals surface area (Å²) in [5.74, 6) is 0.728. The summed E-state index contributed by atoms with van der Waals surface area (Å²) in [5.41, 5.74) is 7.02. The molecule has 2 unspecified atom stereocenters. The van der Waals surface area contributed by atoms with Crippen molar-refractivity contribution >= 4 is 0 Å². The molecule has 0 radical (unpaired) electrons. The molecular weight excluding hydrogens is 214 g/mol. The van der Waals surface area contributed by atoms with Gasteiger partial charge in [0.2, 0.25) is 0 Å². The van der Waals surface area contributed by atoms with Gasteiger partial charge >= 0.3 is 0 Å². The van der Waals surface area contributed by atoms with Crippen LogP contribution < -0.4 is 5.73 Å². The standard InChI is InChI=1S/C13H25N3O/c1-10(2)6-5-7-17-13(11(3)14)12-8-15-16(4)9-12/h8-11,13H,5-7,14H2,1-4H3. The smallest absolute Gasteiger partial charge is 0.100 e. The second-order valence-corrected chi connectivity index (χ2v) is 5.13. The minimum absolute atomic E-state index is 0.0155. The summed E-state index contributed by atoms with van der Waals surface area (Å²) >= 11 is 0. The summed E-state index contributed by atoms with van der Waals surface area (Å²) in [5, 5.41) is 4.16. The highest BCUT2D eigenvalue weighted by molar-refractivity contribution is 5.10. The summed E-state index contributed by atoms with van der Waals surface area (Å²) < 4.78 is 7.65. The Balaban J connectivity index is 2.44. The van der Waals surface area contributed by atoms with Crippen LogP contribution in [-0.4, -0.2) is 22.4 Å². The lowest BCUT2D eigenvalue weighted by molar-refractivity contribution is 0.0348. The Morgan fingerprint density at radius 1 is 1.41 bits per heavy atom. The fourth-order valence-corrected chi connectivity index (χ4v) is 1.84. The number of hydrogen-bond donors (Lipinski definition) is 1. The maximum Gasteiger partial charge on any atom is 0.100 e. The van der Waals surface area contributed by atoms with E-state index in [1.54, 1.807) is 4.68 Å². The van der Waals surface area contributed by atoms with Gasteiger partial charge in [-0.05, 0) is 25.7 Å². The molecule has 1 aromatic rings. The summed E-state index contributed by atoms with van der Waals surface area (Å²) in [6.07, 6.45) is 6.03. The lowest BCUT2D eigenvalue weighted by Crippen LogP contribution is -2.27. The molecule has 0 aliphatic carbocycles. The van der Waals surface area contributed by atoms with Crippen LogP contribution in [0.15, 0.2) is 12.4 Å². The number of aryl methyl sites for hydroxylation is 1. The van der Waals surface area contributed by atoms with Crippen LogP contribution in [0, 0.1) is 5.92 Å². The molecule has 1 rings (SSSR count). The molecule has 98 valence electrons. The molecule has 1 heterocycles. The normalized spacial score (nSPS) is 15.2.